The van der Waals surface area contributed by atoms with E-state index in [4.69, 9.17) is 0 Å². The molecule has 9 heteroatoms. The van der Waals surface area contributed by atoms with Crippen molar-refractivity contribution >= 4 is 45.0 Å². The highest BCUT2D eigenvalue weighted by atomic mass is 32.2. The maximum atomic E-state index is 12.7. The predicted octanol–water partition coefficient (Wildman–Crippen LogP) is 2.02. The summed E-state index contributed by atoms with van der Waals surface area (Å²) >= 11 is 1.50. The molecule has 2 heterocycles. The molecule has 0 fully saturated rings. The van der Waals surface area contributed by atoms with Crippen LogP contribution in [0.15, 0.2) is 53.4 Å². The van der Waals surface area contributed by atoms with Crippen LogP contribution < -0.4 is 14.5 Å². The Balaban J connectivity index is 1.28. The summed E-state index contributed by atoms with van der Waals surface area (Å²) in [6, 6.07) is 15.1. The van der Waals surface area contributed by atoms with Gasteiger partial charge in [-0.2, -0.15) is 0 Å². The van der Waals surface area contributed by atoms with Gasteiger partial charge in [0.25, 0.3) is 0 Å². The molecule has 0 saturated carbocycles. The van der Waals surface area contributed by atoms with Gasteiger partial charge in [-0.05, 0) is 30.2 Å². The van der Waals surface area contributed by atoms with E-state index in [2.05, 4.69) is 5.32 Å². The lowest BCUT2D eigenvalue weighted by atomic mass is 10.2. The number of nitrogens with zero attached hydrogens (tertiary/aromatic N) is 2. The van der Waals surface area contributed by atoms with Gasteiger partial charge in [-0.25, -0.2) is 8.42 Å². The summed E-state index contributed by atoms with van der Waals surface area (Å²) in [5, 5.41) is 2.68. The highest BCUT2D eigenvalue weighted by molar-refractivity contribution is 8.00. The monoisotopic (exact) mass is 445 g/mol. The van der Waals surface area contributed by atoms with Crippen LogP contribution in [0.4, 0.5) is 11.4 Å². The van der Waals surface area contributed by atoms with E-state index in [1.54, 1.807) is 4.90 Å². The van der Waals surface area contributed by atoms with Crippen molar-refractivity contribution in [3.63, 3.8) is 0 Å². The molecule has 7 nitrogen and oxygen atoms in total. The lowest BCUT2D eigenvalue weighted by Crippen LogP contribution is -2.40. The van der Waals surface area contributed by atoms with Crippen LogP contribution in [-0.2, 0) is 26.0 Å². The molecule has 2 aromatic carbocycles. The summed E-state index contributed by atoms with van der Waals surface area (Å²) in [6.07, 6.45) is 0.822. The van der Waals surface area contributed by atoms with Crippen LogP contribution in [0.1, 0.15) is 12.0 Å². The van der Waals surface area contributed by atoms with Gasteiger partial charge in [-0.3, -0.25) is 13.9 Å². The average molecular weight is 446 g/mol. The highest BCUT2D eigenvalue weighted by Crippen LogP contribution is 2.35. The zero-order valence-corrected chi connectivity index (χ0v) is 18.0. The molecule has 0 atom stereocenters. The maximum absolute atomic E-state index is 12.7. The Bertz CT molecular complexity index is 1070. The zero-order chi connectivity index (χ0) is 21.1. The molecule has 0 saturated heterocycles. The van der Waals surface area contributed by atoms with Gasteiger partial charge in [0.1, 0.15) is 0 Å². The Morgan fingerprint density at radius 1 is 1.07 bits per heavy atom. The molecule has 0 radical (unpaired) electrons. The van der Waals surface area contributed by atoms with Crippen LogP contribution in [0.25, 0.3) is 0 Å². The number of para-hydroxylation sites is 2. The van der Waals surface area contributed by atoms with E-state index in [1.165, 1.54) is 16.1 Å². The van der Waals surface area contributed by atoms with E-state index in [0.717, 1.165) is 21.8 Å². The van der Waals surface area contributed by atoms with Gasteiger partial charge in [0, 0.05) is 31.0 Å². The minimum Gasteiger partial charge on any atom is -0.355 e. The number of benzene rings is 2. The standard InChI is InChI=1S/C21H23N3O4S2/c25-20(10-12-23-18-7-3-4-8-19(18)29-15-21(23)26)22-11-14-30(27,28)24-13-9-16-5-1-2-6-17(16)24/h1-8H,9-15H2,(H,22,25). The molecule has 0 spiro atoms. The molecule has 4 rings (SSSR count). The number of nitrogens with one attached hydrogen (secondary N) is 1. The minimum absolute atomic E-state index is 0.0261. The molecule has 0 unspecified atom stereocenters. The minimum atomic E-state index is -3.50. The lowest BCUT2D eigenvalue weighted by Gasteiger charge is -2.28. The second kappa shape index (κ2) is 8.69. The van der Waals surface area contributed by atoms with Gasteiger partial charge < -0.3 is 10.2 Å². The van der Waals surface area contributed by atoms with Crippen LogP contribution in [0.3, 0.4) is 0 Å². The Morgan fingerprint density at radius 3 is 2.63 bits per heavy atom. The summed E-state index contributed by atoms with van der Waals surface area (Å²) in [4.78, 5) is 27.1. The maximum Gasteiger partial charge on any atom is 0.237 e. The van der Waals surface area contributed by atoms with Crippen molar-refractivity contribution in [2.75, 3.05) is 40.3 Å². The van der Waals surface area contributed by atoms with Gasteiger partial charge in [0.05, 0.1) is 22.9 Å². The third-order valence-electron chi connectivity index (χ3n) is 5.23. The number of carbonyl (C=O) groups is 2. The van der Waals surface area contributed by atoms with Crippen molar-refractivity contribution in [2.24, 2.45) is 0 Å². The molecule has 0 aromatic heterocycles. The van der Waals surface area contributed by atoms with Gasteiger partial charge in [0.2, 0.25) is 21.8 Å². The molecule has 0 aliphatic carbocycles. The van der Waals surface area contributed by atoms with Crippen molar-refractivity contribution in [1.29, 1.82) is 0 Å². The molecule has 2 aromatic rings. The first kappa shape index (κ1) is 20.7. The van der Waals surface area contributed by atoms with E-state index in [0.29, 0.717) is 18.7 Å². The highest BCUT2D eigenvalue weighted by Gasteiger charge is 2.29. The molecule has 30 heavy (non-hydrogen) atoms. The normalized spacial score (nSPS) is 15.7. The van der Waals surface area contributed by atoms with Crippen molar-refractivity contribution < 1.29 is 18.0 Å². The Labute approximate surface area is 180 Å². The molecule has 0 bridgehead atoms. The van der Waals surface area contributed by atoms with Crippen LogP contribution in [0.2, 0.25) is 0 Å². The van der Waals surface area contributed by atoms with E-state index < -0.39 is 10.0 Å². The number of sulfonamides is 1. The molecule has 2 amide bonds. The first-order valence-corrected chi connectivity index (χ1v) is 12.4. The quantitative estimate of drug-likeness (QED) is 0.705. The van der Waals surface area contributed by atoms with Crippen LogP contribution in [-0.4, -0.2) is 51.4 Å². The van der Waals surface area contributed by atoms with Gasteiger partial charge in [0.15, 0.2) is 0 Å². The summed E-state index contributed by atoms with van der Waals surface area (Å²) in [6.45, 7) is 0.749. The molecule has 2 aliphatic rings. The van der Waals surface area contributed by atoms with Crippen molar-refractivity contribution in [3.8, 4) is 0 Å². The molecular weight excluding hydrogens is 422 g/mol. The SMILES string of the molecule is O=C(CCN1C(=O)CSc2ccccc21)NCCS(=O)(=O)N1CCc2ccccc21. The Hall–Kier alpha value is -2.52. The van der Waals surface area contributed by atoms with Gasteiger partial charge in [-0.1, -0.05) is 30.3 Å². The molecule has 1 N–H and O–H groups in total. The second-order valence-electron chi connectivity index (χ2n) is 7.17. The average Bonchev–Trinajstić information content (AvgIpc) is 3.18. The third kappa shape index (κ3) is 4.32. The van der Waals surface area contributed by atoms with E-state index in [-0.39, 0.29) is 37.1 Å². The van der Waals surface area contributed by atoms with Crippen LogP contribution in [0, 0.1) is 0 Å². The summed E-state index contributed by atoms with van der Waals surface area (Å²) in [5.74, 6) is -0.0964. The predicted molar refractivity (Wildman–Crippen MR) is 118 cm³/mol. The number of amides is 2. The smallest absolute Gasteiger partial charge is 0.237 e. The third-order valence-corrected chi connectivity index (χ3v) is 8.05. The van der Waals surface area contributed by atoms with Gasteiger partial charge in [-0.15, -0.1) is 11.8 Å². The van der Waals surface area contributed by atoms with E-state index >= 15 is 0 Å². The Morgan fingerprint density at radius 2 is 1.80 bits per heavy atom. The second-order valence-corrected chi connectivity index (χ2v) is 10.2. The Kier molecular flexibility index (Phi) is 6.01. The van der Waals surface area contributed by atoms with Crippen molar-refractivity contribution in [1.82, 2.24) is 5.32 Å². The fourth-order valence-electron chi connectivity index (χ4n) is 3.73. The van der Waals surface area contributed by atoms with Crippen molar-refractivity contribution in [3.05, 3.63) is 54.1 Å². The lowest BCUT2D eigenvalue weighted by molar-refractivity contribution is -0.120. The first-order valence-electron chi connectivity index (χ1n) is 9.83. The van der Waals surface area contributed by atoms with Crippen LogP contribution in [0.5, 0.6) is 0 Å². The number of thioether (sulfide) groups is 1. The molecule has 158 valence electrons. The molecular formula is C21H23N3O4S2. The number of hydrogen-bond donors (Lipinski definition) is 1. The summed E-state index contributed by atoms with van der Waals surface area (Å²) < 4.78 is 26.8. The van der Waals surface area contributed by atoms with Crippen molar-refractivity contribution in [2.45, 2.75) is 17.7 Å². The number of hydrogen-bond acceptors (Lipinski definition) is 5. The fourth-order valence-corrected chi connectivity index (χ4v) is 6.09. The van der Waals surface area contributed by atoms with E-state index in [9.17, 15) is 18.0 Å². The largest absolute Gasteiger partial charge is 0.355 e. The fraction of sp³-hybridized carbons (Fsp3) is 0.333. The topological polar surface area (TPSA) is 86.8 Å². The number of rotatable bonds is 7. The first-order chi connectivity index (χ1) is 14.5. The van der Waals surface area contributed by atoms with Crippen LogP contribution >= 0.6 is 11.8 Å². The summed E-state index contributed by atoms with van der Waals surface area (Å²) in [5.41, 5.74) is 2.57. The molecule has 2 aliphatic heterocycles. The summed E-state index contributed by atoms with van der Waals surface area (Å²) in [7, 11) is -3.50. The number of carbonyl (C=O) groups excluding carboxylic acids is 2. The van der Waals surface area contributed by atoms with E-state index in [1.807, 2.05) is 48.5 Å². The number of fused-ring (bicyclic) bond motifs is 2. The zero-order valence-electron chi connectivity index (χ0n) is 16.4. The number of anilines is 2. The van der Waals surface area contributed by atoms with Gasteiger partial charge >= 0.3 is 0 Å².